The van der Waals surface area contributed by atoms with Crippen LogP contribution in [0.1, 0.15) is 25.1 Å². The van der Waals surface area contributed by atoms with Gasteiger partial charge in [0.25, 0.3) is 0 Å². The normalized spacial score (nSPS) is 11.7. The molecule has 0 amide bonds. The van der Waals surface area contributed by atoms with Crippen LogP contribution in [0.4, 0.5) is 0 Å². The van der Waals surface area contributed by atoms with E-state index in [2.05, 4.69) is 4.98 Å². The molecule has 0 atom stereocenters. The highest BCUT2D eigenvalue weighted by atomic mass is 16.7. The molecule has 1 rings (SSSR count). The van der Waals surface area contributed by atoms with Gasteiger partial charge in [0.1, 0.15) is 0 Å². The molecular formula is C11H17NO3. The van der Waals surface area contributed by atoms with Crippen LogP contribution in [0.2, 0.25) is 0 Å². The minimum absolute atomic E-state index is 0.0116. The van der Waals surface area contributed by atoms with E-state index in [-0.39, 0.29) is 6.61 Å². The van der Waals surface area contributed by atoms with Gasteiger partial charge in [0, 0.05) is 13.3 Å². The van der Waals surface area contributed by atoms with Crippen molar-refractivity contribution in [3.63, 3.8) is 0 Å². The number of aliphatic hydroxyl groups is 1. The zero-order valence-corrected chi connectivity index (χ0v) is 9.36. The summed E-state index contributed by atoms with van der Waals surface area (Å²) in [6.45, 7) is 4.09. The minimum atomic E-state index is -0.600. The summed E-state index contributed by atoms with van der Waals surface area (Å²) in [5.41, 5.74) is 1.61. The smallest absolute Gasteiger partial charge is 0.162 e. The van der Waals surface area contributed by atoms with Crippen molar-refractivity contribution in [3.05, 3.63) is 29.6 Å². The SMILES string of the molecule is COC(C)(C)OCc1ccc(CO)cn1. The molecule has 0 aromatic carbocycles. The number of pyridine rings is 1. The fourth-order valence-electron chi connectivity index (χ4n) is 0.941. The van der Waals surface area contributed by atoms with Crippen molar-refractivity contribution in [2.75, 3.05) is 7.11 Å². The second-order valence-electron chi connectivity index (χ2n) is 3.71. The van der Waals surface area contributed by atoms with E-state index < -0.39 is 5.79 Å². The third kappa shape index (κ3) is 3.95. The largest absolute Gasteiger partial charge is 0.392 e. The Hall–Kier alpha value is -0.970. The number of hydrogen-bond donors (Lipinski definition) is 1. The highest BCUT2D eigenvalue weighted by Crippen LogP contribution is 2.12. The van der Waals surface area contributed by atoms with Gasteiger partial charge in [0.2, 0.25) is 0 Å². The van der Waals surface area contributed by atoms with Crippen molar-refractivity contribution in [3.8, 4) is 0 Å². The van der Waals surface area contributed by atoms with Crippen LogP contribution < -0.4 is 0 Å². The molecule has 0 radical (unpaired) electrons. The maximum absolute atomic E-state index is 8.83. The Kier molecular flexibility index (Phi) is 4.20. The van der Waals surface area contributed by atoms with E-state index in [1.54, 1.807) is 13.3 Å². The summed E-state index contributed by atoms with van der Waals surface area (Å²) in [6.07, 6.45) is 1.64. The molecule has 0 saturated carbocycles. The molecule has 0 aliphatic heterocycles. The van der Waals surface area contributed by atoms with Crippen LogP contribution in [-0.4, -0.2) is 23.0 Å². The topological polar surface area (TPSA) is 51.6 Å². The van der Waals surface area contributed by atoms with E-state index in [0.29, 0.717) is 6.61 Å². The number of methoxy groups -OCH3 is 1. The predicted octanol–water partition coefficient (Wildman–Crippen LogP) is 1.47. The molecule has 1 aromatic rings. The number of hydrogen-bond acceptors (Lipinski definition) is 4. The molecule has 0 bridgehead atoms. The first-order valence-corrected chi connectivity index (χ1v) is 4.81. The van der Waals surface area contributed by atoms with Crippen molar-refractivity contribution < 1.29 is 14.6 Å². The number of aromatic nitrogens is 1. The Morgan fingerprint density at radius 2 is 2.13 bits per heavy atom. The molecule has 4 nitrogen and oxygen atoms in total. The quantitative estimate of drug-likeness (QED) is 0.749. The van der Waals surface area contributed by atoms with Crippen LogP contribution in [0, 0.1) is 0 Å². The van der Waals surface area contributed by atoms with Gasteiger partial charge in [-0.05, 0) is 25.5 Å². The second-order valence-corrected chi connectivity index (χ2v) is 3.71. The van der Waals surface area contributed by atoms with Gasteiger partial charge in [-0.15, -0.1) is 0 Å². The zero-order valence-electron chi connectivity index (χ0n) is 9.36. The van der Waals surface area contributed by atoms with Gasteiger partial charge in [-0.1, -0.05) is 6.07 Å². The Bertz CT molecular complexity index is 295. The van der Waals surface area contributed by atoms with Gasteiger partial charge >= 0.3 is 0 Å². The van der Waals surface area contributed by atoms with Crippen molar-refractivity contribution >= 4 is 0 Å². The van der Waals surface area contributed by atoms with Gasteiger partial charge in [0.05, 0.1) is 18.9 Å². The van der Waals surface area contributed by atoms with E-state index >= 15 is 0 Å². The van der Waals surface area contributed by atoms with Crippen molar-refractivity contribution in [2.24, 2.45) is 0 Å². The summed E-state index contributed by atoms with van der Waals surface area (Å²) in [5.74, 6) is -0.600. The molecule has 1 N–H and O–H groups in total. The maximum atomic E-state index is 8.83. The Labute approximate surface area is 89.9 Å². The predicted molar refractivity (Wildman–Crippen MR) is 56.0 cm³/mol. The van der Waals surface area contributed by atoms with E-state index in [1.165, 1.54) is 0 Å². The summed E-state index contributed by atoms with van der Waals surface area (Å²) in [7, 11) is 1.60. The Morgan fingerprint density at radius 3 is 2.60 bits per heavy atom. The molecule has 84 valence electrons. The lowest BCUT2D eigenvalue weighted by Gasteiger charge is -2.23. The lowest BCUT2D eigenvalue weighted by atomic mass is 10.2. The summed E-state index contributed by atoms with van der Waals surface area (Å²) in [6, 6.07) is 3.66. The van der Waals surface area contributed by atoms with Gasteiger partial charge in [0.15, 0.2) is 5.79 Å². The van der Waals surface area contributed by atoms with Gasteiger partial charge in [-0.3, -0.25) is 4.98 Å². The number of ether oxygens (including phenoxy) is 2. The molecular weight excluding hydrogens is 194 g/mol. The fourth-order valence-corrected chi connectivity index (χ4v) is 0.941. The molecule has 0 spiro atoms. The summed E-state index contributed by atoms with van der Waals surface area (Å²) in [4.78, 5) is 4.15. The van der Waals surface area contributed by atoms with Crippen LogP contribution in [0.25, 0.3) is 0 Å². The van der Waals surface area contributed by atoms with Gasteiger partial charge in [-0.25, -0.2) is 0 Å². The highest BCUT2D eigenvalue weighted by molar-refractivity contribution is 5.12. The first kappa shape index (κ1) is 12.1. The third-order valence-corrected chi connectivity index (χ3v) is 2.13. The van der Waals surface area contributed by atoms with Crippen molar-refractivity contribution in [1.29, 1.82) is 0 Å². The van der Waals surface area contributed by atoms with Gasteiger partial charge < -0.3 is 14.6 Å². The van der Waals surface area contributed by atoms with E-state index in [0.717, 1.165) is 11.3 Å². The molecule has 0 fully saturated rings. The average molecular weight is 211 g/mol. The number of rotatable bonds is 5. The first-order valence-electron chi connectivity index (χ1n) is 4.81. The monoisotopic (exact) mass is 211 g/mol. The van der Waals surface area contributed by atoms with Crippen molar-refractivity contribution in [2.45, 2.75) is 32.8 Å². The van der Waals surface area contributed by atoms with Crippen LogP contribution >= 0.6 is 0 Å². The second kappa shape index (κ2) is 5.21. The molecule has 0 aliphatic rings. The number of nitrogens with zero attached hydrogens (tertiary/aromatic N) is 1. The molecule has 0 aliphatic carbocycles. The highest BCUT2D eigenvalue weighted by Gasteiger charge is 2.16. The van der Waals surface area contributed by atoms with Crippen LogP contribution in [0.5, 0.6) is 0 Å². The summed E-state index contributed by atoms with van der Waals surface area (Å²) in [5, 5.41) is 8.83. The summed E-state index contributed by atoms with van der Waals surface area (Å²) >= 11 is 0. The lowest BCUT2D eigenvalue weighted by molar-refractivity contribution is -0.204. The third-order valence-electron chi connectivity index (χ3n) is 2.13. The van der Waals surface area contributed by atoms with E-state index in [1.807, 2.05) is 26.0 Å². The standard InChI is InChI=1S/C11H17NO3/c1-11(2,14-3)15-8-10-5-4-9(7-13)6-12-10/h4-6,13H,7-8H2,1-3H3. The lowest BCUT2D eigenvalue weighted by Crippen LogP contribution is -2.26. The molecule has 4 heteroatoms. The first-order chi connectivity index (χ1) is 7.07. The molecule has 1 aromatic heterocycles. The molecule has 0 saturated heterocycles. The van der Waals surface area contributed by atoms with Gasteiger partial charge in [-0.2, -0.15) is 0 Å². The maximum Gasteiger partial charge on any atom is 0.162 e. The Balaban J connectivity index is 2.51. The molecule has 1 heterocycles. The van der Waals surface area contributed by atoms with Crippen LogP contribution in [0.3, 0.4) is 0 Å². The molecule has 0 unspecified atom stereocenters. The zero-order chi connectivity index (χ0) is 11.3. The fraction of sp³-hybridized carbons (Fsp3) is 0.545. The van der Waals surface area contributed by atoms with E-state index in [4.69, 9.17) is 14.6 Å². The van der Waals surface area contributed by atoms with E-state index in [9.17, 15) is 0 Å². The number of aliphatic hydroxyl groups excluding tert-OH is 1. The van der Waals surface area contributed by atoms with Crippen molar-refractivity contribution in [1.82, 2.24) is 4.98 Å². The average Bonchev–Trinajstić information content (AvgIpc) is 2.27. The molecule has 15 heavy (non-hydrogen) atoms. The van der Waals surface area contributed by atoms with Crippen LogP contribution in [0.15, 0.2) is 18.3 Å². The minimum Gasteiger partial charge on any atom is -0.392 e. The van der Waals surface area contributed by atoms with Crippen LogP contribution in [-0.2, 0) is 22.7 Å². The summed E-state index contributed by atoms with van der Waals surface area (Å²) < 4.78 is 10.6. The Morgan fingerprint density at radius 1 is 1.40 bits per heavy atom.